The molecule has 0 aliphatic carbocycles. The molecule has 0 saturated carbocycles. The van der Waals surface area contributed by atoms with Crippen LogP contribution in [-0.4, -0.2) is 14.9 Å². The number of aryl methyl sites for hydroxylation is 1. The predicted molar refractivity (Wildman–Crippen MR) is 64.4 cm³/mol. The molecule has 0 radical (unpaired) electrons. The summed E-state index contributed by atoms with van der Waals surface area (Å²) in [5.74, 6) is 0.684. The number of nitro benzene ring substituents is 1. The van der Waals surface area contributed by atoms with E-state index in [-0.39, 0.29) is 17.5 Å². The maximum atomic E-state index is 10.7. The minimum absolute atomic E-state index is 0.0439. The summed E-state index contributed by atoms with van der Waals surface area (Å²) in [4.78, 5) is 17.8. The third-order valence-corrected chi connectivity index (χ3v) is 2.25. The number of rotatable bonds is 3. The van der Waals surface area contributed by atoms with Crippen molar-refractivity contribution in [2.75, 3.05) is 5.73 Å². The Morgan fingerprint density at radius 1 is 1.39 bits per heavy atom. The minimum atomic E-state index is -0.485. The van der Waals surface area contributed by atoms with Crippen molar-refractivity contribution in [3.63, 3.8) is 0 Å². The number of anilines is 1. The fraction of sp³-hybridized carbons (Fsp3) is 0.0909. The normalized spacial score (nSPS) is 10.1. The van der Waals surface area contributed by atoms with Gasteiger partial charge in [0, 0.05) is 18.3 Å². The Kier molecular flexibility index (Phi) is 3.05. The summed E-state index contributed by atoms with van der Waals surface area (Å²) in [5.41, 5.74) is 6.14. The second-order valence-electron chi connectivity index (χ2n) is 3.56. The Labute approximate surface area is 102 Å². The van der Waals surface area contributed by atoms with E-state index < -0.39 is 4.92 Å². The van der Waals surface area contributed by atoms with Crippen molar-refractivity contribution in [3.8, 4) is 11.6 Å². The highest BCUT2D eigenvalue weighted by Gasteiger charge is 2.10. The van der Waals surface area contributed by atoms with Gasteiger partial charge >= 0.3 is 0 Å². The van der Waals surface area contributed by atoms with Crippen molar-refractivity contribution in [1.82, 2.24) is 9.97 Å². The zero-order chi connectivity index (χ0) is 13.1. The molecule has 2 N–H and O–H groups in total. The van der Waals surface area contributed by atoms with Crippen LogP contribution in [0.25, 0.3) is 0 Å². The molecule has 0 atom stereocenters. The van der Waals surface area contributed by atoms with E-state index in [4.69, 9.17) is 10.5 Å². The van der Waals surface area contributed by atoms with Crippen LogP contribution in [0.2, 0.25) is 0 Å². The van der Waals surface area contributed by atoms with Crippen LogP contribution in [0.5, 0.6) is 11.6 Å². The molecule has 2 rings (SSSR count). The standard InChI is InChI=1S/C11H10N4O3/c1-7-2-3-8(15(16)17)6-9(7)18-10-4-5-13-11(12)14-10/h2-6H,1H3,(H2,12,13,14). The quantitative estimate of drug-likeness (QED) is 0.656. The third kappa shape index (κ3) is 2.51. The molecule has 0 unspecified atom stereocenters. The first-order valence-electron chi connectivity index (χ1n) is 5.07. The Balaban J connectivity index is 2.33. The average Bonchev–Trinajstić information content (AvgIpc) is 2.31. The maximum Gasteiger partial charge on any atom is 0.273 e. The molecule has 0 spiro atoms. The molecule has 18 heavy (non-hydrogen) atoms. The number of hydrogen-bond acceptors (Lipinski definition) is 6. The molecular formula is C11H10N4O3. The topological polar surface area (TPSA) is 104 Å². The monoisotopic (exact) mass is 246 g/mol. The summed E-state index contributed by atoms with van der Waals surface area (Å²) in [6.45, 7) is 1.78. The van der Waals surface area contributed by atoms with Gasteiger partial charge < -0.3 is 10.5 Å². The second kappa shape index (κ2) is 4.66. The summed E-state index contributed by atoms with van der Waals surface area (Å²) in [5, 5.41) is 10.7. The number of ether oxygens (including phenoxy) is 1. The van der Waals surface area contributed by atoms with Crippen LogP contribution in [-0.2, 0) is 0 Å². The van der Waals surface area contributed by atoms with E-state index in [1.165, 1.54) is 24.4 Å². The van der Waals surface area contributed by atoms with Crippen LogP contribution < -0.4 is 10.5 Å². The lowest BCUT2D eigenvalue weighted by atomic mass is 10.2. The predicted octanol–water partition coefficient (Wildman–Crippen LogP) is 2.07. The van der Waals surface area contributed by atoms with Gasteiger partial charge in [-0.1, -0.05) is 0 Å². The van der Waals surface area contributed by atoms with Gasteiger partial charge in [0.1, 0.15) is 5.75 Å². The van der Waals surface area contributed by atoms with Crippen LogP contribution in [0.3, 0.4) is 0 Å². The van der Waals surface area contributed by atoms with Gasteiger partial charge in [-0.3, -0.25) is 10.1 Å². The van der Waals surface area contributed by atoms with E-state index in [2.05, 4.69) is 9.97 Å². The molecule has 0 fully saturated rings. The molecule has 1 aromatic carbocycles. The smallest absolute Gasteiger partial charge is 0.273 e. The van der Waals surface area contributed by atoms with Gasteiger partial charge in [-0.05, 0) is 18.6 Å². The van der Waals surface area contributed by atoms with E-state index in [1.807, 2.05) is 0 Å². The Morgan fingerprint density at radius 2 is 2.17 bits per heavy atom. The first kappa shape index (κ1) is 11.8. The summed E-state index contributed by atoms with van der Waals surface area (Å²) in [6, 6.07) is 5.89. The SMILES string of the molecule is Cc1ccc([N+](=O)[O-])cc1Oc1ccnc(N)n1. The largest absolute Gasteiger partial charge is 0.438 e. The molecule has 0 amide bonds. The fourth-order valence-corrected chi connectivity index (χ4v) is 1.34. The van der Waals surface area contributed by atoms with E-state index in [1.54, 1.807) is 13.0 Å². The summed E-state index contributed by atoms with van der Waals surface area (Å²) in [6.07, 6.45) is 1.45. The zero-order valence-corrected chi connectivity index (χ0v) is 9.53. The number of nitrogen functional groups attached to an aromatic ring is 1. The van der Waals surface area contributed by atoms with E-state index in [9.17, 15) is 10.1 Å². The molecule has 2 aromatic rings. The van der Waals surface area contributed by atoms with Gasteiger partial charge in [0.2, 0.25) is 11.8 Å². The number of non-ortho nitro benzene ring substituents is 1. The highest BCUT2D eigenvalue weighted by Crippen LogP contribution is 2.27. The van der Waals surface area contributed by atoms with E-state index in [0.717, 1.165) is 5.56 Å². The summed E-state index contributed by atoms with van der Waals surface area (Å²) >= 11 is 0. The van der Waals surface area contributed by atoms with Gasteiger partial charge in [-0.15, -0.1) is 0 Å². The molecular weight excluding hydrogens is 236 g/mol. The first-order chi connectivity index (χ1) is 8.56. The molecule has 0 bridgehead atoms. The molecule has 0 saturated heterocycles. The Hall–Kier alpha value is -2.70. The van der Waals surface area contributed by atoms with Crippen LogP contribution in [0, 0.1) is 17.0 Å². The molecule has 1 heterocycles. The zero-order valence-electron chi connectivity index (χ0n) is 9.53. The molecule has 7 heteroatoms. The van der Waals surface area contributed by atoms with Gasteiger partial charge in [0.05, 0.1) is 11.0 Å². The van der Waals surface area contributed by atoms with Gasteiger partial charge in [0.15, 0.2) is 0 Å². The molecule has 0 aliphatic rings. The number of benzene rings is 1. The highest BCUT2D eigenvalue weighted by atomic mass is 16.6. The minimum Gasteiger partial charge on any atom is -0.438 e. The van der Waals surface area contributed by atoms with Crippen molar-refractivity contribution in [3.05, 3.63) is 46.1 Å². The second-order valence-corrected chi connectivity index (χ2v) is 3.56. The third-order valence-electron chi connectivity index (χ3n) is 2.25. The van der Waals surface area contributed by atoms with Crippen LogP contribution in [0.4, 0.5) is 11.6 Å². The Bertz CT molecular complexity index is 601. The average molecular weight is 246 g/mol. The lowest BCUT2D eigenvalue weighted by Crippen LogP contribution is -1.97. The molecule has 0 aliphatic heterocycles. The van der Waals surface area contributed by atoms with Gasteiger partial charge in [0.25, 0.3) is 5.69 Å². The summed E-state index contributed by atoms with van der Waals surface area (Å²) in [7, 11) is 0. The van der Waals surface area contributed by atoms with Crippen LogP contribution in [0.1, 0.15) is 5.56 Å². The van der Waals surface area contributed by atoms with Crippen LogP contribution in [0.15, 0.2) is 30.5 Å². The number of aromatic nitrogens is 2. The van der Waals surface area contributed by atoms with Crippen LogP contribution >= 0.6 is 0 Å². The molecule has 7 nitrogen and oxygen atoms in total. The van der Waals surface area contributed by atoms with Crippen molar-refractivity contribution in [2.24, 2.45) is 0 Å². The fourth-order valence-electron chi connectivity index (χ4n) is 1.34. The van der Waals surface area contributed by atoms with E-state index >= 15 is 0 Å². The first-order valence-corrected chi connectivity index (χ1v) is 5.07. The lowest BCUT2D eigenvalue weighted by Gasteiger charge is -2.07. The lowest BCUT2D eigenvalue weighted by molar-refractivity contribution is -0.384. The molecule has 1 aromatic heterocycles. The van der Waals surface area contributed by atoms with Crippen molar-refractivity contribution in [2.45, 2.75) is 6.92 Å². The van der Waals surface area contributed by atoms with E-state index in [0.29, 0.717) is 5.75 Å². The number of hydrogen-bond donors (Lipinski definition) is 1. The number of nitrogens with zero attached hydrogens (tertiary/aromatic N) is 3. The Morgan fingerprint density at radius 3 is 2.83 bits per heavy atom. The number of nitrogens with two attached hydrogens (primary N) is 1. The van der Waals surface area contributed by atoms with Crippen molar-refractivity contribution >= 4 is 11.6 Å². The van der Waals surface area contributed by atoms with Crippen molar-refractivity contribution < 1.29 is 9.66 Å². The number of nitro groups is 1. The van der Waals surface area contributed by atoms with Gasteiger partial charge in [-0.2, -0.15) is 4.98 Å². The summed E-state index contributed by atoms with van der Waals surface area (Å²) < 4.78 is 5.45. The highest BCUT2D eigenvalue weighted by molar-refractivity contribution is 5.45. The van der Waals surface area contributed by atoms with Crippen molar-refractivity contribution in [1.29, 1.82) is 0 Å². The van der Waals surface area contributed by atoms with Gasteiger partial charge in [-0.25, -0.2) is 4.98 Å². The maximum absolute atomic E-state index is 10.7. The molecule has 92 valence electrons.